The number of nitrogens with zero attached hydrogens (tertiary/aromatic N) is 1. The summed E-state index contributed by atoms with van der Waals surface area (Å²) in [5.41, 5.74) is 4.62. The van der Waals surface area contributed by atoms with Crippen LogP contribution in [0.4, 0.5) is 5.69 Å². The molecular formula is C23H30BNO2. The Balaban J connectivity index is 1.56. The second kappa shape index (κ2) is 6.68. The minimum Gasteiger partial charge on any atom is -0.399 e. The zero-order chi connectivity index (χ0) is 19.2. The van der Waals surface area contributed by atoms with Crippen molar-refractivity contribution < 1.29 is 9.31 Å². The monoisotopic (exact) mass is 363 g/mol. The van der Waals surface area contributed by atoms with E-state index < -0.39 is 0 Å². The third-order valence-electron chi connectivity index (χ3n) is 6.49. The smallest absolute Gasteiger partial charge is 0.399 e. The fourth-order valence-electron chi connectivity index (χ4n) is 4.02. The van der Waals surface area contributed by atoms with Gasteiger partial charge >= 0.3 is 7.12 Å². The molecule has 0 spiro atoms. The molecule has 3 nitrogen and oxygen atoms in total. The second-order valence-corrected chi connectivity index (χ2v) is 9.00. The largest absolute Gasteiger partial charge is 0.494 e. The lowest BCUT2D eigenvalue weighted by Crippen LogP contribution is -2.41. The second-order valence-electron chi connectivity index (χ2n) is 9.00. The summed E-state index contributed by atoms with van der Waals surface area (Å²) in [5, 5.41) is 0. The van der Waals surface area contributed by atoms with Crippen LogP contribution in [0.3, 0.4) is 0 Å². The molecule has 0 N–H and O–H groups in total. The van der Waals surface area contributed by atoms with Gasteiger partial charge in [0.25, 0.3) is 0 Å². The molecule has 2 aliphatic heterocycles. The van der Waals surface area contributed by atoms with Crippen molar-refractivity contribution in [1.29, 1.82) is 0 Å². The number of rotatable bonds is 3. The van der Waals surface area contributed by atoms with E-state index in [1.165, 1.54) is 23.2 Å². The quantitative estimate of drug-likeness (QED) is 0.750. The number of fused-ring (bicyclic) bond motifs is 1. The van der Waals surface area contributed by atoms with Gasteiger partial charge in [0.2, 0.25) is 0 Å². The van der Waals surface area contributed by atoms with Gasteiger partial charge in [0.05, 0.1) is 11.2 Å². The van der Waals surface area contributed by atoms with E-state index in [1.807, 2.05) is 0 Å². The van der Waals surface area contributed by atoms with Crippen LogP contribution in [0.15, 0.2) is 48.5 Å². The molecule has 1 unspecified atom stereocenters. The van der Waals surface area contributed by atoms with E-state index in [0.29, 0.717) is 5.92 Å². The van der Waals surface area contributed by atoms with Gasteiger partial charge in [0.1, 0.15) is 0 Å². The van der Waals surface area contributed by atoms with Gasteiger partial charge in [0.15, 0.2) is 0 Å². The van der Waals surface area contributed by atoms with E-state index in [1.54, 1.807) is 0 Å². The topological polar surface area (TPSA) is 21.7 Å². The molecule has 4 rings (SSSR count). The van der Waals surface area contributed by atoms with Gasteiger partial charge in [-0.15, -0.1) is 0 Å². The maximum Gasteiger partial charge on any atom is 0.494 e. The van der Waals surface area contributed by atoms with Crippen molar-refractivity contribution in [2.75, 3.05) is 11.4 Å². The normalized spacial score (nSPS) is 23.4. The zero-order valence-electron chi connectivity index (χ0n) is 17.2. The van der Waals surface area contributed by atoms with Crippen LogP contribution in [-0.4, -0.2) is 24.9 Å². The molecule has 4 heteroatoms. The number of para-hydroxylation sites is 1. The highest BCUT2D eigenvalue weighted by Crippen LogP contribution is 2.37. The lowest BCUT2D eigenvalue weighted by Gasteiger charge is -2.34. The van der Waals surface area contributed by atoms with Crippen molar-refractivity contribution in [3.8, 4) is 0 Å². The molecule has 0 saturated carbocycles. The summed E-state index contributed by atoms with van der Waals surface area (Å²) in [7, 11) is -0.302. The van der Waals surface area contributed by atoms with Crippen molar-refractivity contribution >= 4 is 18.3 Å². The summed E-state index contributed by atoms with van der Waals surface area (Å²) in [6.45, 7) is 12.7. The standard InChI is InChI=1S/C23H30BNO2/c1-17-13-14-25(21-12-7-6-11-20(17)21)16-18-9-8-10-19(15-18)24-26-22(2,3)23(4,5)27-24/h6-12,15,17H,13-14,16H2,1-5H3. The molecule has 0 radical (unpaired) electrons. The van der Waals surface area contributed by atoms with Gasteiger partial charge in [-0.3, -0.25) is 0 Å². The summed E-state index contributed by atoms with van der Waals surface area (Å²) in [6, 6.07) is 17.5. The molecule has 2 aliphatic rings. The van der Waals surface area contributed by atoms with Crippen molar-refractivity contribution in [1.82, 2.24) is 0 Å². The van der Waals surface area contributed by atoms with Crippen LogP contribution in [0.1, 0.15) is 58.1 Å². The summed E-state index contributed by atoms with van der Waals surface area (Å²) in [5.74, 6) is 0.633. The highest BCUT2D eigenvalue weighted by Gasteiger charge is 2.51. The Hall–Kier alpha value is -1.78. The molecule has 142 valence electrons. The van der Waals surface area contributed by atoms with E-state index in [9.17, 15) is 0 Å². The third-order valence-corrected chi connectivity index (χ3v) is 6.49. The maximum absolute atomic E-state index is 6.23. The van der Waals surface area contributed by atoms with Gasteiger partial charge in [-0.05, 0) is 62.7 Å². The molecule has 0 amide bonds. The zero-order valence-corrected chi connectivity index (χ0v) is 17.2. The van der Waals surface area contributed by atoms with Gasteiger partial charge in [-0.2, -0.15) is 0 Å². The van der Waals surface area contributed by atoms with Crippen molar-refractivity contribution in [2.45, 2.75) is 64.7 Å². The minimum atomic E-state index is -0.310. The SMILES string of the molecule is CC1CCN(Cc2cccc(B3OC(C)(C)C(C)(C)O3)c2)c2ccccc21. The summed E-state index contributed by atoms with van der Waals surface area (Å²) < 4.78 is 12.5. The van der Waals surface area contributed by atoms with E-state index >= 15 is 0 Å². The lowest BCUT2D eigenvalue weighted by molar-refractivity contribution is 0.00578. The van der Waals surface area contributed by atoms with Crippen LogP contribution in [-0.2, 0) is 15.9 Å². The molecule has 0 bridgehead atoms. The predicted octanol–water partition coefficient (Wildman–Crippen LogP) is 4.50. The number of hydrogen-bond acceptors (Lipinski definition) is 3. The van der Waals surface area contributed by atoms with Crippen LogP contribution in [0.2, 0.25) is 0 Å². The highest BCUT2D eigenvalue weighted by atomic mass is 16.7. The van der Waals surface area contributed by atoms with Crippen LogP contribution >= 0.6 is 0 Å². The molecule has 1 fully saturated rings. The Morgan fingerprint density at radius 1 is 1.00 bits per heavy atom. The Morgan fingerprint density at radius 3 is 2.44 bits per heavy atom. The van der Waals surface area contributed by atoms with Crippen LogP contribution in [0, 0.1) is 0 Å². The molecule has 27 heavy (non-hydrogen) atoms. The fourth-order valence-corrected chi connectivity index (χ4v) is 4.02. The Morgan fingerprint density at radius 2 is 1.70 bits per heavy atom. The van der Waals surface area contributed by atoms with Crippen LogP contribution in [0.25, 0.3) is 0 Å². The van der Waals surface area contributed by atoms with E-state index in [2.05, 4.69) is 88.0 Å². The molecule has 2 heterocycles. The Labute approximate surface area is 163 Å². The lowest BCUT2D eigenvalue weighted by atomic mass is 9.78. The molecule has 0 aromatic heterocycles. The number of hydrogen-bond donors (Lipinski definition) is 0. The van der Waals surface area contributed by atoms with Gasteiger partial charge in [-0.1, -0.05) is 49.4 Å². The average Bonchev–Trinajstić information content (AvgIpc) is 2.86. The third kappa shape index (κ3) is 3.41. The van der Waals surface area contributed by atoms with Crippen molar-refractivity contribution in [3.05, 3.63) is 59.7 Å². The first-order valence-electron chi connectivity index (χ1n) is 10.1. The van der Waals surface area contributed by atoms with Crippen LogP contribution in [0.5, 0.6) is 0 Å². The maximum atomic E-state index is 6.23. The number of anilines is 1. The average molecular weight is 363 g/mol. The van der Waals surface area contributed by atoms with Crippen molar-refractivity contribution in [2.24, 2.45) is 0 Å². The molecule has 1 atom stereocenters. The molecule has 2 aromatic carbocycles. The van der Waals surface area contributed by atoms with E-state index in [0.717, 1.165) is 18.6 Å². The minimum absolute atomic E-state index is 0.302. The fraction of sp³-hybridized carbons (Fsp3) is 0.478. The number of benzene rings is 2. The molecular weight excluding hydrogens is 333 g/mol. The van der Waals surface area contributed by atoms with Crippen LogP contribution < -0.4 is 10.4 Å². The highest BCUT2D eigenvalue weighted by molar-refractivity contribution is 6.62. The molecule has 2 aromatic rings. The van der Waals surface area contributed by atoms with Crippen molar-refractivity contribution in [3.63, 3.8) is 0 Å². The van der Waals surface area contributed by atoms with Gasteiger partial charge < -0.3 is 14.2 Å². The van der Waals surface area contributed by atoms with Gasteiger partial charge in [0, 0.05) is 18.8 Å². The Kier molecular flexibility index (Phi) is 4.60. The predicted molar refractivity (Wildman–Crippen MR) is 113 cm³/mol. The summed E-state index contributed by atoms with van der Waals surface area (Å²) in [4.78, 5) is 2.50. The first kappa shape index (κ1) is 18.6. The van der Waals surface area contributed by atoms with Gasteiger partial charge in [-0.25, -0.2) is 0 Å². The molecule has 0 aliphatic carbocycles. The summed E-state index contributed by atoms with van der Waals surface area (Å²) >= 11 is 0. The molecule has 1 saturated heterocycles. The van der Waals surface area contributed by atoms with E-state index in [-0.39, 0.29) is 18.3 Å². The first-order valence-corrected chi connectivity index (χ1v) is 10.1. The van der Waals surface area contributed by atoms with E-state index in [4.69, 9.17) is 9.31 Å². The summed E-state index contributed by atoms with van der Waals surface area (Å²) in [6.07, 6.45) is 1.20. The Bertz CT molecular complexity index is 817. The first-order chi connectivity index (χ1) is 12.8.